The second kappa shape index (κ2) is 6.33. The zero-order chi connectivity index (χ0) is 13.7. The summed E-state index contributed by atoms with van der Waals surface area (Å²) in [7, 11) is 0. The largest absolute Gasteiger partial charge is 0.398 e. The first-order chi connectivity index (χ1) is 9.15. The molecule has 1 saturated carbocycles. The molecule has 0 aromatic heterocycles. The monoisotopic (exact) mass is 278 g/mol. The Morgan fingerprint density at radius 3 is 2.68 bits per heavy atom. The van der Waals surface area contributed by atoms with Crippen LogP contribution in [0.2, 0.25) is 0 Å². The number of nitrogen functional groups attached to an aromatic ring is 1. The molecule has 0 spiro atoms. The van der Waals surface area contributed by atoms with Gasteiger partial charge in [0.05, 0.1) is 6.42 Å². The van der Waals surface area contributed by atoms with Crippen molar-refractivity contribution < 1.29 is 4.79 Å². The van der Waals surface area contributed by atoms with Gasteiger partial charge in [0, 0.05) is 17.0 Å². The molecule has 0 unspecified atom stereocenters. The van der Waals surface area contributed by atoms with Gasteiger partial charge in [-0.25, -0.2) is 0 Å². The number of carbonyl (C=O) groups excluding carboxylic acids is 1. The van der Waals surface area contributed by atoms with Crippen LogP contribution in [0.15, 0.2) is 24.3 Å². The number of rotatable bonds is 5. The lowest BCUT2D eigenvalue weighted by Crippen LogP contribution is -2.39. The molecule has 1 amide bonds. The van der Waals surface area contributed by atoms with Crippen LogP contribution in [-0.4, -0.2) is 23.5 Å². The highest BCUT2D eigenvalue weighted by Crippen LogP contribution is 2.39. The number of benzene rings is 1. The highest BCUT2D eigenvalue weighted by atomic mass is 32.2. The van der Waals surface area contributed by atoms with E-state index in [9.17, 15) is 4.79 Å². The Labute approximate surface area is 119 Å². The van der Waals surface area contributed by atoms with Gasteiger partial charge >= 0.3 is 0 Å². The van der Waals surface area contributed by atoms with Crippen molar-refractivity contribution in [3.8, 4) is 0 Å². The first-order valence-electron chi connectivity index (χ1n) is 6.80. The van der Waals surface area contributed by atoms with Gasteiger partial charge in [-0.1, -0.05) is 31.0 Å². The van der Waals surface area contributed by atoms with E-state index in [1.807, 2.05) is 36.0 Å². The van der Waals surface area contributed by atoms with Gasteiger partial charge in [0.25, 0.3) is 0 Å². The third kappa shape index (κ3) is 3.66. The van der Waals surface area contributed by atoms with E-state index >= 15 is 0 Å². The van der Waals surface area contributed by atoms with Gasteiger partial charge < -0.3 is 11.1 Å². The Bertz CT molecular complexity index is 442. The number of anilines is 1. The van der Waals surface area contributed by atoms with Gasteiger partial charge in [-0.05, 0) is 30.7 Å². The van der Waals surface area contributed by atoms with Crippen LogP contribution in [0.25, 0.3) is 0 Å². The molecule has 1 aromatic rings. The minimum absolute atomic E-state index is 0.0678. The van der Waals surface area contributed by atoms with Gasteiger partial charge in [-0.3, -0.25) is 4.79 Å². The van der Waals surface area contributed by atoms with Crippen molar-refractivity contribution in [3.05, 3.63) is 29.8 Å². The summed E-state index contributed by atoms with van der Waals surface area (Å²) in [5.74, 6) is 0.0678. The third-order valence-electron chi connectivity index (χ3n) is 3.96. The van der Waals surface area contributed by atoms with E-state index in [0.29, 0.717) is 12.1 Å². The van der Waals surface area contributed by atoms with E-state index in [0.717, 1.165) is 12.1 Å². The molecule has 0 heterocycles. The normalized spacial score (nSPS) is 17.3. The highest BCUT2D eigenvalue weighted by molar-refractivity contribution is 8.00. The third-order valence-corrected chi connectivity index (χ3v) is 5.38. The zero-order valence-electron chi connectivity index (χ0n) is 11.4. The fourth-order valence-electron chi connectivity index (χ4n) is 2.66. The number of para-hydroxylation sites is 1. The lowest BCUT2D eigenvalue weighted by atomic mass is 10.1. The molecule has 0 saturated heterocycles. The summed E-state index contributed by atoms with van der Waals surface area (Å²) in [5.41, 5.74) is 7.45. The lowest BCUT2D eigenvalue weighted by molar-refractivity contribution is -0.120. The Hall–Kier alpha value is -1.16. The number of nitrogens with one attached hydrogen (secondary N) is 1. The minimum atomic E-state index is 0.0678. The van der Waals surface area contributed by atoms with Crippen molar-refractivity contribution in [2.24, 2.45) is 0 Å². The molecular formula is C15H22N2OS. The van der Waals surface area contributed by atoms with Crippen molar-refractivity contribution >= 4 is 23.4 Å². The SMILES string of the molecule is CSC1(CNC(=O)Cc2ccccc2N)CCCC1. The van der Waals surface area contributed by atoms with E-state index in [-0.39, 0.29) is 10.7 Å². The summed E-state index contributed by atoms with van der Waals surface area (Å²) >= 11 is 1.89. The van der Waals surface area contributed by atoms with E-state index in [4.69, 9.17) is 5.73 Å². The van der Waals surface area contributed by atoms with Crippen molar-refractivity contribution in [3.63, 3.8) is 0 Å². The van der Waals surface area contributed by atoms with Gasteiger partial charge in [-0.2, -0.15) is 11.8 Å². The van der Waals surface area contributed by atoms with Crippen LogP contribution < -0.4 is 11.1 Å². The van der Waals surface area contributed by atoms with Gasteiger partial charge in [-0.15, -0.1) is 0 Å². The smallest absolute Gasteiger partial charge is 0.224 e. The average molecular weight is 278 g/mol. The molecule has 1 fully saturated rings. The summed E-state index contributed by atoms with van der Waals surface area (Å²) in [6.45, 7) is 0.778. The zero-order valence-corrected chi connectivity index (χ0v) is 12.3. The van der Waals surface area contributed by atoms with Crippen LogP contribution in [0, 0.1) is 0 Å². The van der Waals surface area contributed by atoms with Gasteiger partial charge in [0.15, 0.2) is 0 Å². The van der Waals surface area contributed by atoms with Crippen molar-refractivity contribution in [2.45, 2.75) is 36.9 Å². The van der Waals surface area contributed by atoms with Crippen LogP contribution in [0.5, 0.6) is 0 Å². The number of amides is 1. The van der Waals surface area contributed by atoms with E-state index in [1.54, 1.807) is 0 Å². The van der Waals surface area contributed by atoms with Crippen LogP contribution >= 0.6 is 11.8 Å². The van der Waals surface area contributed by atoms with E-state index in [2.05, 4.69) is 11.6 Å². The van der Waals surface area contributed by atoms with Gasteiger partial charge in [0.1, 0.15) is 0 Å². The molecule has 2 rings (SSSR count). The van der Waals surface area contributed by atoms with E-state index < -0.39 is 0 Å². The van der Waals surface area contributed by atoms with E-state index in [1.165, 1.54) is 25.7 Å². The second-order valence-corrected chi connectivity index (χ2v) is 6.52. The summed E-state index contributed by atoms with van der Waals surface area (Å²) < 4.78 is 0.262. The lowest BCUT2D eigenvalue weighted by Gasteiger charge is -2.26. The first-order valence-corrected chi connectivity index (χ1v) is 8.03. The molecule has 1 aromatic carbocycles. The number of nitrogens with two attached hydrogens (primary N) is 1. The topological polar surface area (TPSA) is 55.1 Å². The molecule has 3 N–H and O–H groups in total. The molecule has 3 nitrogen and oxygen atoms in total. The Balaban J connectivity index is 1.86. The predicted molar refractivity (Wildman–Crippen MR) is 82.3 cm³/mol. The number of hydrogen-bond donors (Lipinski definition) is 2. The number of hydrogen-bond acceptors (Lipinski definition) is 3. The summed E-state index contributed by atoms with van der Waals surface area (Å²) in [6.07, 6.45) is 7.50. The van der Waals surface area contributed by atoms with Crippen molar-refractivity contribution in [1.29, 1.82) is 0 Å². The maximum atomic E-state index is 12.0. The predicted octanol–water partition coefficient (Wildman–Crippen LogP) is 2.60. The molecule has 0 atom stereocenters. The summed E-state index contributed by atoms with van der Waals surface area (Å²) in [5, 5.41) is 3.08. The molecule has 4 heteroatoms. The minimum Gasteiger partial charge on any atom is -0.398 e. The van der Waals surface area contributed by atoms with Crippen LogP contribution in [0.3, 0.4) is 0 Å². The highest BCUT2D eigenvalue weighted by Gasteiger charge is 2.33. The standard InChI is InChI=1S/C15H22N2OS/c1-19-15(8-4-5-9-15)11-17-14(18)10-12-6-2-3-7-13(12)16/h2-3,6-7H,4-5,8-11,16H2,1H3,(H,17,18). The van der Waals surface area contributed by atoms with Crippen molar-refractivity contribution in [1.82, 2.24) is 5.32 Å². The molecule has 0 aliphatic heterocycles. The maximum absolute atomic E-state index is 12.0. The number of thioether (sulfide) groups is 1. The second-order valence-electron chi connectivity index (χ2n) is 5.25. The fourth-order valence-corrected chi connectivity index (χ4v) is 3.58. The van der Waals surface area contributed by atoms with Crippen LogP contribution in [-0.2, 0) is 11.2 Å². The molecule has 1 aliphatic carbocycles. The maximum Gasteiger partial charge on any atom is 0.224 e. The molecule has 1 aliphatic rings. The summed E-state index contributed by atoms with van der Waals surface area (Å²) in [6, 6.07) is 7.55. The summed E-state index contributed by atoms with van der Waals surface area (Å²) in [4.78, 5) is 12.0. The number of carbonyl (C=O) groups is 1. The van der Waals surface area contributed by atoms with Crippen LogP contribution in [0.1, 0.15) is 31.2 Å². The van der Waals surface area contributed by atoms with Crippen LogP contribution in [0.4, 0.5) is 5.69 Å². The Morgan fingerprint density at radius 2 is 2.05 bits per heavy atom. The molecule has 104 valence electrons. The molecule has 0 radical (unpaired) electrons. The van der Waals surface area contributed by atoms with Gasteiger partial charge in [0.2, 0.25) is 5.91 Å². The Morgan fingerprint density at radius 1 is 1.37 bits per heavy atom. The quantitative estimate of drug-likeness (QED) is 0.814. The fraction of sp³-hybridized carbons (Fsp3) is 0.533. The molecule has 0 bridgehead atoms. The first kappa shape index (κ1) is 14.3. The Kier molecular flexibility index (Phi) is 4.75. The van der Waals surface area contributed by atoms with Crippen molar-refractivity contribution in [2.75, 3.05) is 18.5 Å². The average Bonchev–Trinajstić information content (AvgIpc) is 2.89. The molecular weight excluding hydrogens is 256 g/mol. The molecule has 19 heavy (non-hydrogen) atoms.